The Kier molecular flexibility index (Phi) is 6.17. The summed E-state index contributed by atoms with van der Waals surface area (Å²) in [5, 5.41) is 11.6. The molecule has 0 aliphatic carbocycles. The number of carbonyl (C=O) groups is 2. The second kappa shape index (κ2) is 8.47. The van der Waals surface area contributed by atoms with Crippen LogP contribution in [0.3, 0.4) is 0 Å². The van der Waals surface area contributed by atoms with E-state index in [2.05, 4.69) is 15.5 Å². The van der Waals surface area contributed by atoms with Crippen LogP contribution in [0.5, 0.6) is 0 Å². The molecule has 3 aromatic rings. The summed E-state index contributed by atoms with van der Waals surface area (Å²) in [6.45, 7) is 9.27. The van der Waals surface area contributed by atoms with Crippen LogP contribution in [0.15, 0.2) is 46.2 Å². The molecule has 2 heterocycles. The van der Waals surface area contributed by atoms with Crippen molar-refractivity contribution >= 4 is 29.1 Å². The van der Waals surface area contributed by atoms with Gasteiger partial charge in [-0.1, -0.05) is 32.5 Å². The molecule has 1 atom stereocenters. The monoisotopic (exact) mass is 426 g/mol. The predicted octanol–water partition coefficient (Wildman–Crippen LogP) is 4.73. The average molecular weight is 427 g/mol. The molecule has 158 valence electrons. The summed E-state index contributed by atoms with van der Waals surface area (Å²) in [5.74, 6) is 1.38. The molecule has 0 fully saturated rings. The van der Waals surface area contributed by atoms with Crippen LogP contribution in [0.25, 0.3) is 11.4 Å². The lowest BCUT2D eigenvalue weighted by Crippen LogP contribution is -2.27. The van der Waals surface area contributed by atoms with E-state index in [9.17, 15) is 9.59 Å². The van der Waals surface area contributed by atoms with Gasteiger partial charge in [-0.05, 0) is 44.2 Å². The number of aromatic nitrogens is 3. The Morgan fingerprint density at radius 2 is 1.80 bits per heavy atom. The molecular formula is C22H26N4O3S. The molecule has 0 spiro atoms. The largest absolute Gasteiger partial charge is 0.469 e. The maximum atomic E-state index is 12.9. The van der Waals surface area contributed by atoms with Crippen molar-refractivity contribution in [3.05, 3.63) is 47.9 Å². The van der Waals surface area contributed by atoms with E-state index in [-0.39, 0.29) is 16.9 Å². The van der Waals surface area contributed by atoms with Gasteiger partial charge in [-0.25, -0.2) is 0 Å². The summed E-state index contributed by atoms with van der Waals surface area (Å²) < 4.78 is 7.20. The van der Waals surface area contributed by atoms with Crippen LogP contribution >= 0.6 is 11.8 Å². The third-order valence-corrected chi connectivity index (χ3v) is 5.83. The lowest BCUT2D eigenvalue weighted by Gasteiger charge is -2.17. The molecule has 0 radical (unpaired) electrons. The first-order valence-electron chi connectivity index (χ1n) is 9.64. The fraction of sp³-hybridized carbons (Fsp3) is 0.364. The van der Waals surface area contributed by atoms with Gasteiger partial charge in [0.15, 0.2) is 16.8 Å². The molecule has 0 saturated carbocycles. The quantitative estimate of drug-likeness (QED) is 0.453. The van der Waals surface area contributed by atoms with Gasteiger partial charge < -0.3 is 14.3 Å². The van der Waals surface area contributed by atoms with E-state index < -0.39 is 5.41 Å². The summed E-state index contributed by atoms with van der Waals surface area (Å²) in [6.07, 6.45) is 1.62. The lowest BCUT2D eigenvalue weighted by atomic mass is 9.95. The summed E-state index contributed by atoms with van der Waals surface area (Å²) in [5.41, 5.74) is 1.64. The van der Waals surface area contributed by atoms with Gasteiger partial charge in [0, 0.05) is 23.7 Å². The van der Waals surface area contributed by atoms with Crippen molar-refractivity contribution in [1.82, 2.24) is 14.8 Å². The van der Waals surface area contributed by atoms with Crippen LogP contribution in [-0.4, -0.2) is 31.7 Å². The number of ketones is 1. The molecule has 0 bridgehead atoms. The number of benzene rings is 1. The van der Waals surface area contributed by atoms with Crippen molar-refractivity contribution in [2.24, 2.45) is 12.5 Å². The molecule has 8 heteroatoms. The molecule has 2 aromatic heterocycles. The third-order valence-electron chi connectivity index (χ3n) is 4.69. The van der Waals surface area contributed by atoms with Crippen LogP contribution in [-0.2, 0) is 11.8 Å². The van der Waals surface area contributed by atoms with E-state index in [0.29, 0.717) is 22.2 Å². The number of furan rings is 1. The van der Waals surface area contributed by atoms with Crippen molar-refractivity contribution in [1.29, 1.82) is 0 Å². The first kappa shape index (κ1) is 21.8. The maximum absolute atomic E-state index is 12.9. The predicted molar refractivity (Wildman–Crippen MR) is 118 cm³/mol. The van der Waals surface area contributed by atoms with E-state index in [0.717, 1.165) is 11.3 Å². The molecule has 7 nitrogen and oxygen atoms in total. The van der Waals surface area contributed by atoms with Gasteiger partial charge in [0.1, 0.15) is 5.76 Å². The van der Waals surface area contributed by atoms with Crippen LogP contribution < -0.4 is 5.32 Å². The maximum Gasteiger partial charge on any atom is 0.229 e. The van der Waals surface area contributed by atoms with Crippen LogP contribution in [0, 0.1) is 12.3 Å². The number of hydrogen-bond acceptors (Lipinski definition) is 6. The first-order chi connectivity index (χ1) is 14.1. The fourth-order valence-electron chi connectivity index (χ4n) is 2.75. The molecule has 1 unspecified atom stereocenters. The van der Waals surface area contributed by atoms with Crippen molar-refractivity contribution in [3.63, 3.8) is 0 Å². The Balaban J connectivity index is 1.69. The number of carbonyl (C=O) groups excluding carboxylic acids is 2. The van der Waals surface area contributed by atoms with Gasteiger partial charge in [-0.2, -0.15) is 0 Å². The van der Waals surface area contributed by atoms with Gasteiger partial charge >= 0.3 is 0 Å². The zero-order valence-corrected chi connectivity index (χ0v) is 18.8. The van der Waals surface area contributed by atoms with Crippen molar-refractivity contribution in [3.8, 4) is 11.4 Å². The Morgan fingerprint density at radius 1 is 1.13 bits per heavy atom. The van der Waals surface area contributed by atoms with Gasteiger partial charge in [0.2, 0.25) is 5.91 Å². The Morgan fingerprint density at radius 3 is 2.37 bits per heavy atom. The highest BCUT2D eigenvalue weighted by atomic mass is 32.2. The normalized spacial score (nSPS) is 12.6. The minimum atomic E-state index is -0.483. The molecule has 0 aliphatic heterocycles. The molecule has 3 rings (SSSR count). The number of anilines is 1. The molecule has 30 heavy (non-hydrogen) atoms. The summed E-state index contributed by atoms with van der Waals surface area (Å²) in [4.78, 5) is 25.0. The number of nitrogens with one attached hydrogen (secondary N) is 1. The van der Waals surface area contributed by atoms with E-state index in [1.54, 1.807) is 30.5 Å². The van der Waals surface area contributed by atoms with Crippen LogP contribution in [0.2, 0.25) is 0 Å². The molecular weight excluding hydrogens is 400 g/mol. The average Bonchev–Trinajstić information content (AvgIpc) is 3.26. The van der Waals surface area contributed by atoms with Gasteiger partial charge in [0.25, 0.3) is 0 Å². The lowest BCUT2D eigenvalue weighted by molar-refractivity contribution is -0.123. The highest BCUT2D eigenvalue weighted by molar-refractivity contribution is 8.00. The van der Waals surface area contributed by atoms with E-state index >= 15 is 0 Å². The van der Waals surface area contributed by atoms with Gasteiger partial charge in [-0.3, -0.25) is 9.59 Å². The number of Topliss-reactive ketones (excluding diaryl/α,β-unsaturated/α-hetero) is 1. The SMILES string of the molecule is Cc1occc1-c1nnc(SC(C)C(=O)c2ccc(NC(=O)C(C)(C)C)cc2)n1C. The second-order valence-electron chi connectivity index (χ2n) is 8.16. The Labute approximate surface area is 180 Å². The fourth-order valence-corrected chi connectivity index (χ4v) is 3.64. The molecule has 0 aliphatic rings. The Bertz CT molecular complexity index is 1060. The van der Waals surface area contributed by atoms with E-state index in [4.69, 9.17) is 4.42 Å². The number of hydrogen-bond donors (Lipinski definition) is 1. The van der Waals surface area contributed by atoms with E-state index in [1.165, 1.54) is 11.8 Å². The highest BCUT2D eigenvalue weighted by Gasteiger charge is 2.23. The minimum Gasteiger partial charge on any atom is -0.469 e. The van der Waals surface area contributed by atoms with Gasteiger partial charge in [0.05, 0.1) is 17.1 Å². The summed E-state index contributed by atoms with van der Waals surface area (Å²) >= 11 is 1.35. The summed E-state index contributed by atoms with van der Waals surface area (Å²) in [7, 11) is 1.87. The van der Waals surface area contributed by atoms with Crippen molar-refractivity contribution in [2.75, 3.05) is 5.32 Å². The number of nitrogens with zero attached hydrogens (tertiary/aromatic N) is 3. The highest BCUT2D eigenvalue weighted by Crippen LogP contribution is 2.29. The zero-order valence-electron chi connectivity index (χ0n) is 18.0. The number of amides is 1. The Hall–Kier alpha value is -2.87. The zero-order chi connectivity index (χ0) is 22.1. The van der Waals surface area contributed by atoms with E-state index in [1.807, 2.05) is 52.3 Å². The van der Waals surface area contributed by atoms with Crippen LogP contribution in [0.1, 0.15) is 43.8 Å². The van der Waals surface area contributed by atoms with Gasteiger partial charge in [-0.15, -0.1) is 10.2 Å². The molecule has 1 aromatic carbocycles. The molecule has 1 N–H and O–H groups in total. The standard InChI is InChI=1S/C22H26N4O3S/c1-13-17(11-12-29-13)19-24-25-21(26(19)6)30-14(2)18(27)15-7-9-16(10-8-15)23-20(28)22(3,4)5/h7-12,14H,1-6H3,(H,23,28). The summed E-state index contributed by atoms with van der Waals surface area (Å²) in [6, 6.07) is 8.80. The number of rotatable bonds is 6. The number of aryl methyl sites for hydroxylation is 1. The molecule has 1 amide bonds. The first-order valence-corrected chi connectivity index (χ1v) is 10.5. The van der Waals surface area contributed by atoms with Crippen LogP contribution in [0.4, 0.5) is 5.69 Å². The minimum absolute atomic E-state index is 0.0160. The smallest absolute Gasteiger partial charge is 0.229 e. The van der Waals surface area contributed by atoms with Crippen molar-refractivity contribution in [2.45, 2.75) is 45.0 Å². The molecule has 0 saturated heterocycles. The van der Waals surface area contributed by atoms with Crippen molar-refractivity contribution < 1.29 is 14.0 Å². The topological polar surface area (TPSA) is 90.0 Å². The second-order valence-corrected chi connectivity index (χ2v) is 9.47. The third kappa shape index (κ3) is 4.64. The number of thioether (sulfide) groups is 1.